The van der Waals surface area contributed by atoms with Crippen LogP contribution in [-0.4, -0.2) is 41.5 Å². The summed E-state index contributed by atoms with van der Waals surface area (Å²) in [5.41, 5.74) is 8.12. The Morgan fingerprint density at radius 3 is 2.81 bits per heavy atom. The molecule has 0 unspecified atom stereocenters. The average molecular weight is 463 g/mol. The molecule has 0 spiro atoms. The highest BCUT2D eigenvalue weighted by Crippen LogP contribution is 2.33. The van der Waals surface area contributed by atoms with Gasteiger partial charge in [0.15, 0.2) is 0 Å². The van der Waals surface area contributed by atoms with Gasteiger partial charge in [-0.25, -0.2) is 0 Å². The van der Waals surface area contributed by atoms with Crippen molar-refractivity contribution in [2.75, 3.05) is 19.7 Å². The van der Waals surface area contributed by atoms with Crippen molar-refractivity contribution < 1.29 is 14.7 Å². The van der Waals surface area contributed by atoms with Crippen molar-refractivity contribution in [1.82, 2.24) is 10.3 Å². The molecule has 0 aliphatic heterocycles. The van der Waals surface area contributed by atoms with Gasteiger partial charge in [0, 0.05) is 40.7 Å². The lowest BCUT2D eigenvalue weighted by Gasteiger charge is -2.14. The molecular formula is C22H24Cl2N4O3. The number of amides is 1. The first-order chi connectivity index (χ1) is 15.0. The summed E-state index contributed by atoms with van der Waals surface area (Å²) in [6, 6.07) is 11.1. The molecule has 0 radical (unpaired) electrons. The molecule has 7 nitrogen and oxygen atoms in total. The van der Waals surface area contributed by atoms with E-state index in [1.54, 1.807) is 12.1 Å². The number of aromatic amines is 1. The number of aromatic nitrogens is 1. The summed E-state index contributed by atoms with van der Waals surface area (Å²) >= 11 is 12.4. The number of carbonyl (C=O) groups excluding carboxylic acids is 1. The highest BCUT2D eigenvalue weighted by Gasteiger charge is 2.18. The first kappa shape index (κ1) is 22.9. The summed E-state index contributed by atoms with van der Waals surface area (Å²) in [6.07, 6.45) is 3.21. The quantitative estimate of drug-likeness (QED) is 0.158. The molecule has 2 aromatic carbocycles. The van der Waals surface area contributed by atoms with Crippen LogP contribution in [-0.2, 0) is 17.6 Å². The number of para-hydroxylation sites is 1. The molecule has 3 rings (SSSR count). The van der Waals surface area contributed by atoms with E-state index in [-0.39, 0.29) is 12.1 Å². The lowest BCUT2D eigenvalue weighted by atomic mass is 10.1. The van der Waals surface area contributed by atoms with Crippen molar-refractivity contribution in [2.45, 2.75) is 19.3 Å². The summed E-state index contributed by atoms with van der Waals surface area (Å²) < 4.78 is 5.72. The van der Waals surface area contributed by atoms with E-state index in [1.807, 2.05) is 30.5 Å². The largest absolute Gasteiger partial charge is 0.492 e. The van der Waals surface area contributed by atoms with Gasteiger partial charge in [-0.1, -0.05) is 46.6 Å². The van der Waals surface area contributed by atoms with Gasteiger partial charge in [0.1, 0.15) is 11.5 Å². The van der Waals surface area contributed by atoms with Crippen molar-refractivity contribution >= 4 is 45.7 Å². The van der Waals surface area contributed by atoms with Gasteiger partial charge in [-0.3, -0.25) is 4.79 Å². The van der Waals surface area contributed by atoms with Crippen LogP contribution in [0.3, 0.4) is 0 Å². The number of halogens is 2. The van der Waals surface area contributed by atoms with Crippen molar-refractivity contribution in [2.24, 2.45) is 10.9 Å². The van der Waals surface area contributed by atoms with Gasteiger partial charge in [0.05, 0.1) is 11.6 Å². The third kappa shape index (κ3) is 5.91. The molecule has 164 valence electrons. The van der Waals surface area contributed by atoms with E-state index < -0.39 is 5.91 Å². The van der Waals surface area contributed by atoms with Crippen molar-refractivity contribution in [1.29, 1.82) is 0 Å². The summed E-state index contributed by atoms with van der Waals surface area (Å²) in [5.74, 6) is -0.0846. The smallest absolute Gasteiger partial charge is 0.269 e. The average Bonchev–Trinajstić information content (AvgIpc) is 3.16. The molecule has 0 atom stereocenters. The Morgan fingerprint density at radius 1 is 1.23 bits per heavy atom. The van der Waals surface area contributed by atoms with E-state index in [0.29, 0.717) is 53.9 Å². The van der Waals surface area contributed by atoms with Crippen LogP contribution in [0.15, 0.2) is 47.8 Å². The van der Waals surface area contributed by atoms with Gasteiger partial charge in [-0.2, -0.15) is 0 Å². The number of hydrogen-bond donors (Lipinski definition) is 4. The Kier molecular flexibility index (Phi) is 8.17. The molecule has 0 aliphatic carbocycles. The second-order valence-electron chi connectivity index (χ2n) is 6.96. The molecule has 31 heavy (non-hydrogen) atoms. The Morgan fingerprint density at radius 2 is 2.03 bits per heavy atom. The van der Waals surface area contributed by atoms with E-state index >= 15 is 0 Å². The fourth-order valence-electron chi connectivity index (χ4n) is 3.26. The molecule has 1 aromatic heterocycles. The van der Waals surface area contributed by atoms with Crippen molar-refractivity contribution in [3.05, 3.63) is 63.8 Å². The predicted molar refractivity (Wildman–Crippen MR) is 124 cm³/mol. The number of carbonyl (C=O) groups is 1. The fraction of sp³-hybridized carbons (Fsp3) is 0.273. The maximum atomic E-state index is 12.6. The summed E-state index contributed by atoms with van der Waals surface area (Å²) in [6.45, 7) is 1.23. The van der Waals surface area contributed by atoms with Crippen LogP contribution >= 0.6 is 23.2 Å². The Bertz CT molecular complexity index is 1080. The zero-order valence-corrected chi connectivity index (χ0v) is 18.3. The van der Waals surface area contributed by atoms with E-state index in [1.165, 1.54) is 0 Å². The lowest BCUT2D eigenvalue weighted by molar-refractivity contribution is -0.115. The number of fused-ring (bicyclic) bond motifs is 1. The van der Waals surface area contributed by atoms with Crippen LogP contribution in [0, 0.1) is 0 Å². The van der Waals surface area contributed by atoms with Crippen molar-refractivity contribution in [3.8, 4) is 5.75 Å². The molecule has 0 aliphatic rings. The molecular weight excluding hydrogens is 439 g/mol. The standard InChI is InChI=1S/C22H24Cl2N4O3/c23-16-10-15(21(18(24)12-16)31-9-3-7-25)11-20(28-30)22(29)26-8-6-14-13-27-19-5-2-1-4-17(14)19/h1-2,4-5,10,12-13,27,30H,3,6-9,11,25H2,(H,26,29)/b28-20+. The number of hydrogen-bond acceptors (Lipinski definition) is 5. The third-order valence-corrected chi connectivity index (χ3v) is 5.27. The Hall–Kier alpha value is -2.74. The normalized spacial score (nSPS) is 11.6. The van der Waals surface area contributed by atoms with Crippen LogP contribution in [0.5, 0.6) is 5.75 Å². The Labute approximate surface area is 190 Å². The second-order valence-corrected chi connectivity index (χ2v) is 7.80. The van der Waals surface area contributed by atoms with E-state index in [0.717, 1.165) is 16.5 Å². The van der Waals surface area contributed by atoms with Crippen LogP contribution in [0.4, 0.5) is 0 Å². The highest BCUT2D eigenvalue weighted by atomic mass is 35.5. The molecule has 0 fully saturated rings. The third-order valence-electron chi connectivity index (χ3n) is 4.78. The zero-order valence-electron chi connectivity index (χ0n) is 16.8. The number of benzene rings is 2. The molecule has 1 amide bonds. The number of ether oxygens (including phenoxy) is 1. The van der Waals surface area contributed by atoms with Gasteiger partial charge in [-0.05, 0) is 43.1 Å². The monoisotopic (exact) mass is 462 g/mol. The SMILES string of the molecule is NCCCOc1c(Cl)cc(Cl)cc1C/C(=N\O)C(=O)NCCc1c[nH]c2ccccc12. The molecule has 1 heterocycles. The maximum absolute atomic E-state index is 12.6. The van der Waals surface area contributed by atoms with Crippen molar-refractivity contribution in [3.63, 3.8) is 0 Å². The lowest BCUT2D eigenvalue weighted by Crippen LogP contribution is -2.33. The van der Waals surface area contributed by atoms with Crippen LogP contribution in [0.25, 0.3) is 10.9 Å². The van der Waals surface area contributed by atoms with Crippen LogP contribution < -0.4 is 15.8 Å². The van der Waals surface area contributed by atoms with E-state index in [9.17, 15) is 10.0 Å². The highest BCUT2D eigenvalue weighted by molar-refractivity contribution is 6.39. The molecule has 9 heteroatoms. The number of H-pyrrole nitrogens is 1. The minimum atomic E-state index is -0.480. The molecule has 5 N–H and O–H groups in total. The van der Waals surface area contributed by atoms with Gasteiger partial charge < -0.3 is 26.0 Å². The number of nitrogens with two attached hydrogens (primary N) is 1. The number of rotatable bonds is 10. The topological polar surface area (TPSA) is 113 Å². The van der Waals surface area contributed by atoms with E-state index in [4.69, 9.17) is 33.7 Å². The van der Waals surface area contributed by atoms with Gasteiger partial charge in [0.25, 0.3) is 5.91 Å². The zero-order chi connectivity index (χ0) is 22.2. The summed E-state index contributed by atoms with van der Waals surface area (Å²) in [5, 5.41) is 17.2. The maximum Gasteiger partial charge on any atom is 0.269 e. The molecule has 0 bridgehead atoms. The second kappa shape index (κ2) is 11.0. The first-order valence-electron chi connectivity index (χ1n) is 9.88. The summed E-state index contributed by atoms with van der Waals surface area (Å²) in [7, 11) is 0. The molecule has 0 saturated heterocycles. The number of oxime groups is 1. The van der Waals surface area contributed by atoms with Crippen LogP contribution in [0.2, 0.25) is 10.0 Å². The van der Waals surface area contributed by atoms with Crippen LogP contribution in [0.1, 0.15) is 17.5 Å². The number of nitrogens with one attached hydrogen (secondary N) is 2. The van der Waals surface area contributed by atoms with Gasteiger partial charge >= 0.3 is 0 Å². The fourth-order valence-corrected chi connectivity index (χ4v) is 3.85. The molecule has 3 aromatic rings. The van der Waals surface area contributed by atoms with Gasteiger partial charge in [0.2, 0.25) is 0 Å². The number of nitrogens with zero attached hydrogens (tertiary/aromatic N) is 1. The van der Waals surface area contributed by atoms with Gasteiger partial charge in [-0.15, -0.1) is 0 Å². The summed E-state index contributed by atoms with van der Waals surface area (Å²) in [4.78, 5) is 15.8. The molecule has 0 saturated carbocycles. The van der Waals surface area contributed by atoms with E-state index in [2.05, 4.69) is 15.5 Å². The Balaban J connectivity index is 1.64. The predicted octanol–water partition coefficient (Wildman–Crippen LogP) is 3.93. The minimum Gasteiger partial charge on any atom is -0.492 e. The first-order valence-corrected chi connectivity index (χ1v) is 10.6. The minimum absolute atomic E-state index is 0.00760.